The molecule has 0 bridgehead atoms. The van der Waals surface area contributed by atoms with Crippen LogP contribution in [-0.4, -0.2) is 26.1 Å². The maximum Gasteiger partial charge on any atom is 0.341 e. The summed E-state index contributed by atoms with van der Waals surface area (Å²) >= 11 is 0. The molecule has 0 fully saturated rings. The Labute approximate surface area is 186 Å². The van der Waals surface area contributed by atoms with Crippen LogP contribution in [0.4, 0.5) is 0 Å². The first-order valence-corrected chi connectivity index (χ1v) is 11.2. The fourth-order valence-electron chi connectivity index (χ4n) is 2.90. The van der Waals surface area contributed by atoms with Gasteiger partial charge in [-0.1, -0.05) is 48.2 Å². The summed E-state index contributed by atoms with van der Waals surface area (Å²) in [5.41, 5.74) is 2.65. The minimum atomic E-state index is -3.57. The molecule has 0 aliphatic heterocycles. The molecule has 0 aliphatic carbocycles. The van der Waals surface area contributed by atoms with Crippen LogP contribution >= 0.6 is 0 Å². The van der Waals surface area contributed by atoms with Gasteiger partial charge in [0.2, 0.25) is 0 Å². The van der Waals surface area contributed by atoms with E-state index < -0.39 is 22.4 Å². The third kappa shape index (κ3) is 5.75. The van der Waals surface area contributed by atoms with E-state index in [4.69, 9.17) is 15.1 Å². The molecule has 3 rings (SSSR count). The molecule has 0 heterocycles. The first kappa shape index (κ1) is 22.6. The predicted octanol–water partition coefficient (Wildman–Crippen LogP) is 3.70. The quantitative estimate of drug-likeness (QED) is 0.580. The minimum Gasteiger partial charge on any atom is -0.481 e. The van der Waals surface area contributed by atoms with E-state index in [2.05, 4.69) is 11.8 Å². The first-order chi connectivity index (χ1) is 15.3. The Morgan fingerprint density at radius 3 is 2.41 bits per heavy atom. The Morgan fingerprint density at radius 2 is 1.72 bits per heavy atom. The van der Waals surface area contributed by atoms with Crippen molar-refractivity contribution in [3.63, 3.8) is 0 Å². The second-order valence-corrected chi connectivity index (χ2v) is 8.97. The van der Waals surface area contributed by atoms with E-state index in [-0.39, 0.29) is 16.4 Å². The Hall–Kier alpha value is -4.07. The lowest BCUT2D eigenvalue weighted by molar-refractivity contribution is -0.139. The molecule has 0 saturated heterocycles. The van der Waals surface area contributed by atoms with Crippen molar-refractivity contribution in [2.24, 2.45) is 0 Å². The lowest BCUT2D eigenvalue weighted by Gasteiger charge is -2.08. The molecule has 32 heavy (non-hydrogen) atoms. The summed E-state index contributed by atoms with van der Waals surface area (Å²) < 4.78 is 31.0. The van der Waals surface area contributed by atoms with Gasteiger partial charge in [-0.05, 0) is 48.4 Å². The molecular formula is C25H19NO5S. The number of benzene rings is 3. The number of nitrogens with zero attached hydrogens (tertiary/aromatic N) is 1. The average Bonchev–Trinajstić information content (AvgIpc) is 2.77. The molecule has 0 atom stereocenters. The summed E-state index contributed by atoms with van der Waals surface area (Å²) in [6.07, 6.45) is 0. The molecule has 3 aromatic carbocycles. The van der Waals surface area contributed by atoms with Crippen molar-refractivity contribution in [2.75, 3.05) is 6.61 Å². The SMILES string of the molecule is Cc1ccc(S(=O)(=O)Cc2ccccc2)cc1C#Cc1cc(C#N)ccc1OCC(=O)O. The molecule has 0 radical (unpaired) electrons. The summed E-state index contributed by atoms with van der Waals surface area (Å²) in [5.74, 6) is 4.78. The summed E-state index contributed by atoms with van der Waals surface area (Å²) in [6, 6.07) is 20.2. The minimum absolute atomic E-state index is 0.124. The molecule has 0 spiro atoms. The molecule has 0 saturated carbocycles. The van der Waals surface area contributed by atoms with Gasteiger partial charge >= 0.3 is 5.97 Å². The van der Waals surface area contributed by atoms with Crippen molar-refractivity contribution in [1.82, 2.24) is 0 Å². The van der Waals surface area contributed by atoms with Crippen molar-refractivity contribution in [3.8, 4) is 23.7 Å². The van der Waals surface area contributed by atoms with Gasteiger partial charge in [0.1, 0.15) is 5.75 Å². The van der Waals surface area contributed by atoms with Crippen molar-refractivity contribution in [3.05, 3.63) is 94.5 Å². The number of sulfone groups is 1. The zero-order valence-electron chi connectivity index (χ0n) is 17.2. The van der Waals surface area contributed by atoms with Crippen LogP contribution in [0.3, 0.4) is 0 Å². The molecule has 1 N–H and O–H groups in total. The highest BCUT2D eigenvalue weighted by Crippen LogP contribution is 2.22. The number of carbonyl (C=O) groups is 1. The average molecular weight is 445 g/mol. The van der Waals surface area contributed by atoms with E-state index in [1.807, 2.05) is 19.1 Å². The molecule has 0 amide bonds. The molecule has 0 unspecified atom stereocenters. The highest BCUT2D eigenvalue weighted by atomic mass is 32.2. The lowest BCUT2D eigenvalue weighted by atomic mass is 10.1. The normalized spacial score (nSPS) is 10.5. The van der Waals surface area contributed by atoms with Gasteiger partial charge in [0.25, 0.3) is 0 Å². The van der Waals surface area contributed by atoms with Crippen molar-refractivity contribution >= 4 is 15.8 Å². The fourth-order valence-corrected chi connectivity index (χ4v) is 4.27. The van der Waals surface area contributed by atoms with Gasteiger partial charge in [-0.2, -0.15) is 5.26 Å². The molecule has 160 valence electrons. The van der Waals surface area contributed by atoms with Gasteiger partial charge < -0.3 is 9.84 Å². The Balaban J connectivity index is 1.96. The standard InChI is InChI=1S/C25H19NO5S/c1-18-7-11-23(32(29,30)17-19-5-3-2-4-6-19)14-21(18)9-10-22-13-20(15-26)8-12-24(22)31-16-25(27)28/h2-8,11-14H,16-17H2,1H3,(H,27,28). The van der Waals surface area contributed by atoms with Gasteiger partial charge in [0, 0.05) is 5.56 Å². The highest BCUT2D eigenvalue weighted by Gasteiger charge is 2.16. The van der Waals surface area contributed by atoms with Crippen LogP contribution < -0.4 is 4.74 Å². The van der Waals surface area contributed by atoms with E-state index in [1.54, 1.807) is 36.4 Å². The zero-order chi connectivity index (χ0) is 23.1. The number of ether oxygens (including phenoxy) is 1. The van der Waals surface area contributed by atoms with Crippen LogP contribution in [0, 0.1) is 30.1 Å². The van der Waals surface area contributed by atoms with Crippen molar-refractivity contribution in [1.29, 1.82) is 5.26 Å². The van der Waals surface area contributed by atoms with Gasteiger partial charge in [0.15, 0.2) is 16.4 Å². The number of carboxylic acids is 1. The monoisotopic (exact) mass is 445 g/mol. The number of nitriles is 1. The molecular weight excluding hydrogens is 426 g/mol. The van der Waals surface area contributed by atoms with Gasteiger partial charge in [-0.25, -0.2) is 13.2 Å². The number of aliphatic carboxylic acids is 1. The van der Waals surface area contributed by atoms with Crippen LogP contribution in [0.1, 0.15) is 27.8 Å². The lowest BCUT2D eigenvalue weighted by Crippen LogP contribution is -2.10. The second kappa shape index (κ2) is 9.82. The Bertz CT molecular complexity index is 1360. The molecule has 0 aromatic heterocycles. The van der Waals surface area contributed by atoms with E-state index in [1.165, 1.54) is 24.3 Å². The fraction of sp³-hybridized carbons (Fsp3) is 0.120. The van der Waals surface area contributed by atoms with Crippen LogP contribution in [0.15, 0.2) is 71.6 Å². The number of carboxylic acid groups (broad SMARTS) is 1. The smallest absolute Gasteiger partial charge is 0.341 e. The largest absolute Gasteiger partial charge is 0.481 e. The van der Waals surface area contributed by atoms with E-state index in [0.29, 0.717) is 22.3 Å². The molecule has 3 aromatic rings. The van der Waals surface area contributed by atoms with E-state index >= 15 is 0 Å². The zero-order valence-corrected chi connectivity index (χ0v) is 18.0. The number of hydrogen-bond acceptors (Lipinski definition) is 5. The van der Waals surface area contributed by atoms with Crippen molar-refractivity contribution in [2.45, 2.75) is 17.6 Å². The number of hydrogen-bond donors (Lipinski definition) is 1. The number of rotatable bonds is 6. The Kier molecular flexibility index (Phi) is 6.94. The van der Waals surface area contributed by atoms with Crippen molar-refractivity contribution < 1.29 is 23.1 Å². The topological polar surface area (TPSA) is 104 Å². The summed E-state index contributed by atoms with van der Waals surface area (Å²) in [5, 5.41) is 18.0. The maximum atomic E-state index is 12.9. The Morgan fingerprint density at radius 1 is 1.00 bits per heavy atom. The van der Waals surface area contributed by atoms with Gasteiger partial charge in [0.05, 0.1) is 27.8 Å². The third-order valence-corrected chi connectivity index (χ3v) is 6.24. The summed E-state index contributed by atoms with van der Waals surface area (Å²) in [4.78, 5) is 11.0. The van der Waals surface area contributed by atoms with Crippen LogP contribution in [0.5, 0.6) is 5.75 Å². The number of aryl methyl sites for hydroxylation is 1. The van der Waals surface area contributed by atoms with E-state index in [0.717, 1.165) is 5.56 Å². The van der Waals surface area contributed by atoms with Crippen LogP contribution in [-0.2, 0) is 20.4 Å². The molecule has 7 heteroatoms. The van der Waals surface area contributed by atoms with Gasteiger partial charge in [-0.3, -0.25) is 0 Å². The predicted molar refractivity (Wildman–Crippen MR) is 119 cm³/mol. The third-order valence-electron chi connectivity index (χ3n) is 4.56. The molecule has 6 nitrogen and oxygen atoms in total. The van der Waals surface area contributed by atoms with Gasteiger partial charge in [-0.15, -0.1) is 0 Å². The maximum absolute atomic E-state index is 12.9. The summed E-state index contributed by atoms with van der Waals surface area (Å²) in [7, 11) is -3.57. The van der Waals surface area contributed by atoms with Crippen LogP contribution in [0.2, 0.25) is 0 Å². The second-order valence-electron chi connectivity index (χ2n) is 6.98. The van der Waals surface area contributed by atoms with Crippen LogP contribution in [0.25, 0.3) is 0 Å². The molecule has 0 aliphatic rings. The van der Waals surface area contributed by atoms with E-state index in [9.17, 15) is 13.2 Å². The summed E-state index contributed by atoms with van der Waals surface area (Å²) in [6.45, 7) is 1.26. The highest BCUT2D eigenvalue weighted by molar-refractivity contribution is 7.90. The first-order valence-electron chi connectivity index (χ1n) is 9.56.